The van der Waals surface area contributed by atoms with Gasteiger partial charge in [0.15, 0.2) is 5.96 Å². The van der Waals surface area contributed by atoms with Gasteiger partial charge >= 0.3 is 5.97 Å². The van der Waals surface area contributed by atoms with Crippen molar-refractivity contribution in [1.29, 1.82) is 0 Å². The van der Waals surface area contributed by atoms with Crippen molar-refractivity contribution in [3.63, 3.8) is 0 Å². The monoisotopic (exact) mass is 306 g/mol. The molecule has 1 heterocycles. The fourth-order valence-corrected chi connectivity index (χ4v) is 1.71. The van der Waals surface area contributed by atoms with Gasteiger partial charge < -0.3 is 15.4 Å². The van der Waals surface area contributed by atoms with Gasteiger partial charge in [-0.25, -0.2) is 4.99 Å². The van der Waals surface area contributed by atoms with Crippen molar-refractivity contribution >= 4 is 11.9 Å². The van der Waals surface area contributed by atoms with Gasteiger partial charge in [0.2, 0.25) is 0 Å². The molecule has 0 aliphatic heterocycles. The Labute approximate surface area is 132 Å². The van der Waals surface area contributed by atoms with Crippen LogP contribution in [0.1, 0.15) is 33.4 Å². The van der Waals surface area contributed by atoms with E-state index >= 15 is 0 Å². The first kappa shape index (κ1) is 17.9. The minimum absolute atomic E-state index is 0.00378. The van der Waals surface area contributed by atoms with Crippen molar-refractivity contribution < 1.29 is 9.53 Å². The lowest BCUT2D eigenvalue weighted by molar-refractivity contribution is -0.152. The van der Waals surface area contributed by atoms with Crippen LogP contribution in [0, 0.1) is 0 Å². The Morgan fingerprint density at radius 1 is 1.32 bits per heavy atom. The average Bonchev–Trinajstić information content (AvgIpc) is 2.44. The smallest absolute Gasteiger partial charge is 0.328 e. The molecule has 0 atom stereocenters. The highest BCUT2D eigenvalue weighted by Crippen LogP contribution is 2.06. The summed E-state index contributed by atoms with van der Waals surface area (Å²) in [6.45, 7) is 8.90. The molecule has 0 aromatic carbocycles. The van der Waals surface area contributed by atoms with E-state index in [1.54, 1.807) is 6.20 Å². The number of aliphatic imine (C=N–C) groups is 1. The zero-order chi connectivity index (χ0) is 16.4. The Balaban J connectivity index is 2.43. The molecule has 0 unspecified atom stereocenters. The maximum absolute atomic E-state index is 11.7. The van der Waals surface area contributed by atoms with E-state index in [0.29, 0.717) is 12.5 Å². The van der Waals surface area contributed by atoms with Gasteiger partial charge in [-0.2, -0.15) is 0 Å². The third-order valence-corrected chi connectivity index (χ3v) is 2.53. The lowest BCUT2D eigenvalue weighted by Gasteiger charge is -2.19. The quantitative estimate of drug-likeness (QED) is 0.473. The maximum atomic E-state index is 11.7. The molecule has 122 valence electrons. The molecule has 0 amide bonds. The van der Waals surface area contributed by atoms with Gasteiger partial charge in [0.1, 0.15) is 12.1 Å². The second kappa shape index (κ2) is 9.02. The van der Waals surface area contributed by atoms with Crippen LogP contribution >= 0.6 is 0 Å². The lowest BCUT2D eigenvalue weighted by Crippen LogP contribution is -2.39. The van der Waals surface area contributed by atoms with E-state index in [2.05, 4.69) is 20.6 Å². The van der Waals surface area contributed by atoms with Crippen LogP contribution < -0.4 is 10.6 Å². The first-order chi connectivity index (χ1) is 10.4. The zero-order valence-electron chi connectivity index (χ0n) is 13.8. The van der Waals surface area contributed by atoms with Crippen LogP contribution in [0.5, 0.6) is 0 Å². The molecule has 1 aromatic heterocycles. The number of pyridine rings is 1. The van der Waals surface area contributed by atoms with Crippen LogP contribution in [0.15, 0.2) is 29.4 Å². The second-order valence-electron chi connectivity index (χ2n) is 5.78. The summed E-state index contributed by atoms with van der Waals surface area (Å²) in [5.41, 5.74) is 0.523. The summed E-state index contributed by atoms with van der Waals surface area (Å²) >= 11 is 0. The number of hydrogen-bond donors (Lipinski definition) is 2. The molecule has 0 saturated heterocycles. The van der Waals surface area contributed by atoms with E-state index in [-0.39, 0.29) is 12.5 Å². The number of carbonyl (C=O) groups excluding carboxylic acids is 1. The number of esters is 1. The molecule has 2 N–H and O–H groups in total. The number of nitrogens with one attached hydrogen (secondary N) is 2. The third-order valence-electron chi connectivity index (χ3n) is 2.53. The highest BCUT2D eigenvalue weighted by atomic mass is 16.6. The standard InChI is InChI=1S/C16H26N4O2/c1-5-17-15(20-12-14(21)22-16(2,3)4)19-11-9-13-8-6-7-10-18-13/h6-8,10H,5,9,11-12H2,1-4H3,(H2,17,19,20). The van der Waals surface area contributed by atoms with Crippen molar-refractivity contribution in [2.24, 2.45) is 4.99 Å². The molecule has 0 aliphatic carbocycles. The normalized spacial score (nSPS) is 11.9. The van der Waals surface area contributed by atoms with E-state index in [0.717, 1.165) is 18.7 Å². The van der Waals surface area contributed by atoms with E-state index in [4.69, 9.17) is 4.74 Å². The minimum Gasteiger partial charge on any atom is -0.459 e. The van der Waals surface area contributed by atoms with E-state index < -0.39 is 5.60 Å². The maximum Gasteiger partial charge on any atom is 0.328 e. The van der Waals surface area contributed by atoms with Gasteiger partial charge in [-0.3, -0.25) is 9.78 Å². The van der Waals surface area contributed by atoms with Crippen molar-refractivity contribution in [3.8, 4) is 0 Å². The molecule has 0 saturated carbocycles. The van der Waals surface area contributed by atoms with Gasteiger partial charge in [-0.15, -0.1) is 0 Å². The molecule has 0 spiro atoms. The van der Waals surface area contributed by atoms with Crippen LogP contribution in [-0.4, -0.2) is 42.1 Å². The summed E-state index contributed by atoms with van der Waals surface area (Å²) in [6.07, 6.45) is 2.56. The lowest BCUT2D eigenvalue weighted by atomic mass is 10.2. The number of ether oxygens (including phenoxy) is 1. The Bertz CT molecular complexity index is 481. The van der Waals surface area contributed by atoms with E-state index in [1.807, 2.05) is 45.9 Å². The van der Waals surface area contributed by atoms with Gasteiger partial charge in [0.05, 0.1) is 0 Å². The van der Waals surface area contributed by atoms with Crippen LogP contribution in [0.4, 0.5) is 0 Å². The van der Waals surface area contributed by atoms with E-state index in [1.165, 1.54) is 0 Å². The summed E-state index contributed by atoms with van der Waals surface area (Å²) in [5.74, 6) is 0.263. The summed E-state index contributed by atoms with van der Waals surface area (Å²) < 4.78 is 5.23. The number of hydrogen-bond acceptors (Lipinski definition) is 4. The largest absolute Gasteiger partial charge is 0.459 e. The molecule has 1 rings (SSSR count). The second-order valence-corrected chi connectivity index (χ2v) is 5.78. The van der Waals surface area contributed by atoms with Crippen molar-refractivity contribution in [2.45, 2.75) is 39.7 Å². The molecule has 6 heteroatoms. The van der Waals surface area contributed by atoms with E-state index in [9.17, 15) is 4.79 Å². The fraction of sp³-hybridized carbons (Fsp3) is 0.562. The summed E-state index contributed by atoms with van der Waals surface area (Å²) in [7, 11) is 0. The highest BCUT2D eigenvalue weighted by Gasteiger charge is 2.15. The molecule has 1 aromatic rings. The molecule has 0 fully saturated rings. The van der Waals surface area contributed by atoms with Crippen LogP contribution in [-0.2, 0) is 16.0 Å². The molecule has 22 heavy (non-hydrogen) atoms. The predicted molar refractivity (Wildman–Crippen MR) is 87.8 cm³/mol. The molecular weight excluding hydrogens is 280 g/mol. The van der Waals surface area contributed by atoms with Gasteiger partial charge in [-0.1, -0.05) is 6.07 Å². The number of carbonyl (C=O) groups is 1. The Hall–Kier alpha value is -2.11. The molecule has 0 bridgehead atoms. The number of guanidine groups is 1. The topological polar surface area (TPSA) is 75.6 Å². The highest BCUT2D eigenvalue weighted by molar-refractivity contribution is 5.83. The Morgan fingerprint density at radius 2 is 2.09 bits per heavy atom. The van der Waals surface area contributed by atoms with Gasteiger partial charge in [-0.05, 0) is 39.8 Å². The molecule has 6 nitrogen and oxygen atoms in total. The molecule has 0 radical (unpaired) electrons. The first-order valence-corrected chi connectivity index (χ1v) is 7.54. The predicted octanol–water partition coefficient (Wildman–Crippen LogP) is 1.52. The van der Waals surface area contributed by atoms with Crippen LogP contribution in [0.2, 0.25) is 0 Å². The molecular formula is C16H26N4O2. The van der Waals surface area contributed by atoms with Crippen molar-refractivity contribution in [2.75, 3.05) is 19.6 Å². The zero-order valence-corrected chi connectivity index (χ0v) is 13.8. The third kappa shape index (κ3) is 8.24. The minimum atomic E-state index is -0.489. The van der Waals surface area contributed by atoms with Crippen molar-refractivity contribution in [1.82, 2.24) is 15.6 Å². The van der Waals surface area contributed by atoms with Gasteiger partial charge in [0.25, 0.3) is 0 Å². The number of aromatic nitrogens is 1. The Morgan fingerprint density at radius 3 is 2.68 bits per heavy atom. The van der Waals surface area contributed by atoms with Crippen LogP contribution in [0.25, 0.3) is 0 Å². The fourth-order valence-electron chi connectivity index (χ4n) is 1.71. The number of rotatable bonds is 6. The Kier molecular flexibility index (Phi) is 7.36. The first-order valence-electron chi connectivity index (χ1n) is 7.54. The molecule has 0 aliphatic rings. The number of nitrogens with zero attached hydrogens (tertiary/aromatic N) is 2. The summed E-state index contributed by atoms with van der Waals surface area (Å²) in [4.78, 5) is 20.2. The van der Waals surface area contributed by atoms with Crippen LogP contribution in [0.3, 0.4) is 0 Å². The summed E-state index contributed by atoms with van der Waals surface area (Å²) in [5, 5.41) is 6.28. The SMILES string of the molecule is CCNC(=NCC(=O)OC(C)(C)C)NCCc1ccccn1. The van der Waals surface area contributed by atoms with Gasteiger partial charge in [0, 0.05) is 31.4 Å². The summed E-state index contributed by atoms with van der Waals surface area (Å²) in [6, 6.07) is 5.83. The van der Waals surface area contributed by atoms with Crippen molar-refractivity contribution in [3.05, 3.63) is 30.1 Å². The average molecular weight is 306 g/mol.